The summed E-state index contributed by atoms with van der Waals surface area (Å²) in [6.07, 6.45) is 7.41. The van der Waals surface area contributed by atoms with Crippen LogP contribution in [0.2, 0.25) is 0 Å². The van der Waals surface area contributed by atoms with E-state index in [1.807, 2.05) is 12.1 Å². The van der Waals surface area contributed by atoms with Crippen LogP contribution in [0.5, 0.6) is 0 Å². The van der Waals surface area contributed by atoms with Crippen LogP contribution < -0.4 is 11.3 Å². The van der Waals surface area contributed by atoms with E-state index >= 15 is 0 Å². The predicted octanol–water partition coefficient (Wildman–Crippen LogP) is 2.87. The SMILES string of the molecule is Br.NCCCCCCc1ccc(-n2ncccc2=O)cc1. The van der Waals surface area contributed by atoms with E-state index in [4.69, 9.17) is 5.73 Å². The molecular formula is C16H22BrN3O. The van der Waals surface area contributed by atoms with E-state index in [2.05, 4.69) is 17.2 Å². The smallest absolute Gasteiger partial charge is 0.271 e. The van der Waals surface area contributed by atoms with Crippen LogP contribution in [0.3, 0.4) is 0 Å². The van der Waals surface area contributed by atoms with Crippen molar-refractivity contribution in [2.24, 2.45) is 5.73 Å². The number of hydrogen-bond donors (Lipinski definition) is 1. The molecule has 2 N–H and O–H groups in total. The first kappa shape index (κ1) is 17.6. The van der Waals surface area contributed by atoms with Crippen molar-refractivity contribution in [2.75, 3.05) is 6.54 Å². The minimum Gasteiger partial charge on any atom is -0.330 e. The molecule has 0 saturated heterocycles. The lowest BCUT2D eigenvalue weighted by molar-refractivity contribution is 0.646. The molecule has 114 valence electrons. The van der Waals surface area contributed by atoms with Crippen LogP contribution in [0, 0.1) is 0 Å². The maximum atomic E-state index is 11.7. The van der Waals surface area contributed by atoms with Crippen molar-refractivity contribution in [2.45, 2.75) is 32.1 Å². The van der Waals surface area contributed by atoms with E-state index in [0.29, 0.717) is 0 Å². The van der Waals surface area contributed by atoms with Gasteiger partial charge in [-0.25, -0.2) is 0 Å². The molecule has 0 radical (unpaired) electrons. The summed E-state index contributed by atoms with van der Waals surface area (Å²) in [6.45, 7) is 0.785. The Balaban J connectivity index is 0.00000220. The molecule has 1 heterocycles. The zero-order valence-corrected chi connectivity index (χ0v) is 13.8. The fraction of sp³-hybridized carbons (Fsp3) is 0.375. The molecule has 0 fully saturated rings. The second-order valence-corrected chi connectivity index (χ2v) is 4.89. The third-order valence-corrected chi connectivity index (χ3v) is 3.32. The summed E-state index contributed by atoms with van der Waals surface area (Å²) < 4.78 is 1.41. The molecule has 0 amide bonds. The van der Waals surface area contributed by atoms with Gasteiger partial charge in [0.25, 0.3) is 5.56 Å². The number of hydrogen-bond acceptors (Lipinski definition) is 3. The molecule has 0 saturated carbocycles. The van der Waals surface area contributed by atoms with Crippen molar-refractivity contribution >= 4 is 17.0 Å². The monoisotopic (exact) mass is 351 g/mol. The van der Waals surface area contributed by atoms with Gasteiger partial charge in [-0.05, 0) is 49.6 Å². The summed E-state index contributed by atoms with van der Waals surface area (Å²) in [6, 6.07) is 11.2. The van der Waals surface area contributed by atoms with Crippen LogP contribution in [-0.2, 0) is 6.42 Å². The highest BCUT2D eigenvalue weighted by molar-refractivity contribution is 8.93. The third kappa shape index (κ3) is 5.44. The Morgan fingerprint density at radius 1 is 1.00 bits per heavy atom. The summed E-state index contributed by atoms with van der Waals surface area (Å²) in [5.74, 6) is 0. The second kappa shape index (κ2) is 9.47. The van der Waals surface area contributed by atoms with Gasteiger partial charge in [-0.3, -0.25) is 4.79 Å². The van der Waals surface area contributed by atoms with Gasteiger partial charge in [0.2, 0.25) is 0 Å². The summed E-state index contributed by atoms with van der Waals surface area (Å²) >= 11 is 0. The van der Waals surface area contributed by atoms with Crippen LogP contribution in [0.4, 0.5) is 0 Å². The summed E-state index contributed by atoms with van der Waals surface area (Å²) in [5, 5.41) is 4.07. The maximum Gasteiger partial charge on any atom is 0.271 e. The Bertz CT molecular complexity index is 581. The van der Waals surface area contributed by atoms with Crippen LogP contribution >= 0.6 is 17.0 Å². The molecule has 1 aromatic carbocycles. The molecule has 2 rings (SSSR count). The topological polar surface area (TPSA) is 60.9 Å². The molecule has 2 aromatic rings. The zero-order valence-electron chi connectivity index (χ0n) is 12.1. The molecule has 0 aliphatic carbocycles. The first-order valence-electron chi connectivity index (χ1n) is 7.15. The van der Waals surface area contributed by atoms with Gasteiger partial charge < -0.3 is 5.73 Å². The van der Waals surface area contributed by atoms with Gasteiger partial charge in [0, 0.05) is 12.3 Å². The second-order valence-electron chi connectivity index (χ2n) is 4.89. The van der Waals surface area contributed by atoms with Crippen molar-refractivity contribution in [1.82, 2.24) is 9.78 Å². The number of nitrogens with zero attached hydrogens (tertiary/aromatic N) is 2. The molecule has 0 aliphatic heterocycles. The van der Waals surface area contributed by atoms with Gasteiger partial charge in [0.1, 0.15) is 0 Å². The van der Waals surface area contributed by atoms with Crippen molar-refractivity contribution in [3.05, 3.63) is 58.5 Å². The Labute approximate surface area is 135 Å². The number of aromatic nitrogens is 2. The summed E-state index contributed by atoms with van der Waals surface area (Å²) in [4.78, 5) is 11.7. The molecule has 5 heteroatoms. The third-order valence-electron chi connectivity index (χ3n) is 3.32. The van der Waals surface area contributed by atoms with Crippen molar-refractivity contribution in [3.63, 3.8) is 0 Å². The normalized spacial score (nSPS) is 10.1. The molecule has 0 atom stereocenters. The molecule has 0 spiro atoms. The molecule has 1 aromatic heterocycles. The molecular weight excluding hydrogens is 330 g/mol. The van der Waals surface area contributed by atoms with E-state index in [0.717, 1.165) is 25.1 Å². The lowest BCUT2D eigenvalue weighted by Gasteiger charge is -2.05. The minimum absolute atomic E-state index is 0. The molecule has 0 aliphatic rings. The van der Waals surface area contributed by atoms with Gasteiger partial charge in [-0.1, -0.05) is 25.0 Å². The van der Waals surface area contributed by atoms with Gasteiger partial charge in [0.05, 0.1) is 5.69 Å². The Morgan fingerprint density at radius 3 is 2.38 bits per heavy atom. The number of halogens is 1. The summed E-state index contributed by atoms with van der Waals surface area (Å²) in [5.41, 5.74) is 7.47. The van der Waals surface area contributed by atoms with Gasteiger partial charge in [0.15, 0.2) is 0 Å². The predicted molar refractivity (Wildman–Crippen MR) is 91.4 cm³/mol. The van der Waals surface area contributed by atoms with Crippen LogP contribution in [-0.4, -0.2) is 16.3 Å². The van der Waals surface area contributed by atoms with Gasteiger partial charge in [-0.2, -0.15) is 9.78 Å². The standard InChI is InChI=1S/C16H21N3O.BrH/c17-12-4-2-1-3-6-14-8-10-15(11-9-14)19-16(20)7-5-13-18-19;/h5,7-11,13H,1-4,6,12,17H2;1H. The van der Waals surface area contributed by atoms with Crippen molar-refractivity contribution in [1.29, 1.82) is 0 Å². The first-order chi connectivity index (χ1) is 9.81. The first-order valence-corrected chi connectivity index (χ1v) is 7.15. The van der Waals surface area contributed by atoms with Gasteiger partial charge in [-0.15, -0.1) is 17.0 Å². The highest BCUT2D eigenvalue weighted by Crippen LogP contribution is 2.11. The molecule has 0 bridgehead atoms. The molecule has 4 nitrogen and oxygen atoms in total. The summed E-state index contributed by atoms with van der Waals surface area (Å²) in [7, 11) is 0. The number of benzene rings is 1. The number of aryl methyl sites for hydroxylation is 1. The average Bonchev–Trinajstić information content (AvgIpc) is 2.48. The molecule has 21 heavy (non-hydrogen) atoms. The van der Waals surface area contributed by atoms with Crippen molar-refractivity contribution < 1.29 is 0 Å². The van der Waals surface area contributed by atoms with E-state index in [9.17, 15) is 4.79 Å². The highest BCUT2D eigenvalue weighted by atomic mass is 79.9. The quantitative estimate of drug-likeness (QED) is 0.780. The average molecular weight is 352 g/mol. The maximum absolute atomic E-state index is 11.7. The number of nitrogens with two attached hydrogens (primary N) is 1. The van der Waals surface area contributed by atoms with Crippen LogP contribution in [0.1, 0.15) is 31.2 Å². The largest absolute Gasteiger partial charge is 0.330 e. The number of unbranched alkanes of at least 4 members (excludes halogenated alkanes) is 3. The Hall–Kier alpha value is -1.46. The van der Waals surface area contributed by atoms with E-state index in [1.165, 1.54) is 35.6 Å². The lowest BCUT2D eigenvalue weighted by atomic mass is 10.1. The fourth-order valence-electron chi connectivity index (χ4n) is 2.18. The van der Waals surface area contributed by atoms with Crippen LogP contribution in [0.25, 0.3) is 5.69 Å². The minimum atomic E-state index is -0.109. The van der Waals surface area contributed by atoms with E-state index in [1.54, 1.807) is 12.3 Å². The number of rotatable bonds is 7. The van der Waals surface area contributed by atoms with Crippen LogP contribution in [0.15, 0.2) is 47.4 Å². The molecule has 0 unspecified atom stereocenters. The lowest BCUT2D eigenvalue weighted by Crippen LogP contribution is -2.18. The highest BCUT2D eigenvalue weighted by Gasteiger charge is 2.00. The Morgan fingerprint density at radius 2 is 1.71 bits per heavy atom. The van der Waals surface area contributed by atoms with E-state index in [-0.39, 0.29) is 22.5 Å². The van der Waals surface area contributed by atoms with Gasteiger partial charge >= 0.3 is 0 Å². The van der Waals surface area contributed by atoms with Crippen molar-refractivity contribution in [3.8, 4) is 5.69 Å². The zero-order chi connectivity index (χ0) is 14.2. The van der Waals surface area contributed by atoms with E-state index < -0.39 is 0 Å². The Kier molecular flexibility index (Phi) is 7.93. The fourth-order valence-corrected chi connectivity index (χ4v) is 2.18.